The van der Waals surface area contributed by atoms with E-state index in [-0.39, 0.29) is 10.7 Å². The minimum Gasteiger partial charge on any atom is -0.476 e. The van der Waals surface area contributed by atoms with Gasteiger partial charge in [-0.15, -0.1) is 0 Å². The summed E-state index contributed by atoms with van der Waals surface area (Å²) in [5, 5.41) is 9.10. The molecular formula is C11H13ClN2O2. The van der Waals surface area contributed by atoms with E-state index in [1.54, 1.807) is 12.1 Å². The van der Waals surface area contributed by atoms with Crippen molar-refractivity contribution < 1.29 is 9.90 Å². The van der Waals surface area contributed by atoms with Gasteiger partial charge in [-0.05, 0) is 31.4 Å². The number of pyridine rings is 1. The predicted molar refractivity (Wildman–Crippen MR) is 62.2 cm³/mol. The van der Waals surface area contributed by atoms with Crippen LogP contribution in [0, 0.1) is 0 Å². The van der Waals surface area contributed by atoms with Gasteiger partial charge in [0.1, 0.15) is 5.82 Å². The second kappa shape index (κ2) is 4.29. The maximum absolute atomic E-state index is 10.9. The molecule has 1 N–H and O–H groups in total. The maximum atomic E-state index is 10.9. The van der Waals surface area contributed by atoms with Crippen molar-refractivity contribution >= 4 is 23.4 Å². The first-order chi connectivity index (χ1) is 7.59. The zero-order chi connectivity index (χ0) is 11.7. The number of aromatic nitrogens is 1. The van der Waals surface area contributed by atoms with E-state index in [1.165, 1.54) is 6.42 Å². The zero-order valence-electron chi connectivity index (χ0n) is 8.98. The Morgan fingerprint density at radius 3 is 2.75 bits per heavy atom. The lowest BCUT2D eigenvalue weighted by molar-refractivity contribution is 0.0691. The van der Waals surface area contributed by atoms with Gasteiger partial charge in [-0.3, -0.25) is 0 Å². The number of hydrogen-bond acceptors (Lipinski definition) is 3. The van der Waals surface area contributed by atoms with Crippen LogP contribution >= 0.6 is 11.6 Å². The lowest BCUT2D eigenvalue weighted by Gasteiger charge is -2.35. The standard InChI is InChI=1S/C11H13ClN2O2/c1-14(7-3-2-4-7)9-6-5-8(12)10(13-9)11(15)16/h5-7H,2-4H2,1H3,(H,15,16). The Balaban J connectivity index is 2.27. The number of anilines is 1. The Kier molecular flexibility index (Phi) is 3.01. The van der Waals surface area contributed by atoms with Gasteiger partial charge in [0.25, 0.3) is 0 Å². The highest BCUT2D eigenvalue weighted by atomic mass is 35.5. The quantitative estimate of drug-likeness (QED) is 0.882. The van der Waals surface area contributed by atoms with Gasteiger partial charge in [0.2, 0.25) is 0 Å². The maximum Gasteiger partial charge on any atom is 0.356 e. The minimum atomic E-state index is -1.09. The number of carboxylic acids is 1. The zero-order valence-corrected chi connectivity index (χ0v) is 9.74. The van der Waals surface area contributed by atoms with Crippen LogP contribution in [0.1, 0.15) is 29.8 Å². The van der Waals surface area contributed by atoms with Crippen LogP contribution in [0.5, 0.6) is 0 Å². The third-order valence-corrected chi connectivity index (χ3v) is 3.32. The molecule has 0 amide bonds. The summed E-state index contributed by atoms with van der Waals surface area (Å²) in [7, 11) is 1.94. The fraction of sp³-hybridized carbons (Fsp3) is 0.455. The molecule has 0 aliphatic heterocycles. The van der Waals surface area contributed by atoms with Crippen LogP contribution in [0.3, 0.4) is 0 Å². The fourth-order valence-corrected chi connectivity index (χ4v) is 1.93. The van der Waals surface area contributed by atoms with Crippen LogP contribution < -0.4 is 4.90 Å². The molecule has 0 aromatic carbocycles. The molecule has 86 valence electrons. The summed E-state index contributed by atoms with van der Waals surface area (Å²) in [6.45, 7) is 0. The van der Waals surface area contributed by atoms with Gasteiger partial charge in [-0.1, -0.05) is 11.6 Å². The number of hydrogen-bond donors (Lipinski definition) is 1. The lowest BCUT2D eigenvalue weighted by atomic mass is 9.92. The molecule has 0 unspecified atom stereocenters. The molecule has 1 aliphatic carbocycles. The van der Waals surface area contributed by atoms with Crippen molar-refractivity contribution in [3.05, 3.63) is 22.8 Å². The number of carboxylic acid groups (broad SMARTS) is 1. The molecular weight excluding hydrogens is 228 g/mol. The Morgan fingerprint density at radius 2 is 2.25 bits per heavy atom. The molecule has 1 fully saturated rings. The Hall–Kier alpha value is -1.29. The molecule has 0 radical (unpaired) electrons. The van der Waals surface area contributed by atoms with E-state index in [9.17, 15) is 4.79 Å². The third kappa shape index (κ3) is 1.97. The van der Waals surface area contributed by atoms with Gasteiger partial charge in [0.15, 0.2) is 5.69 Å². The van der Waals surface area contributed by atoms with Crippen molar-refractivity contribution in [2.24, 2.45) is 0 Å². The first-order valence-electron chi connectivity index (χ1n) is 5.22. The van der Waals surface area contributed by atoms with Crippen molar-refractivity contribution in [2.75, 3.05) is 11.9 Å². The number of aromatic carboxylic acids is 1. The van der Waals surface area contributed by atoms with Gasteiger partial charge in [-0.25, -0.2) is 9.78 Å². The Labute approximate surface area is 98.9 Å². The van der Waals surface area contributed by atoms with Gasteiger partial charge in [-0.2, -0.15) is 0 Å². The molecule has 0 saturated heterocycles. The van der Waals surface area contributed by atoms with Crippen LogP contribution in [0.2, 0.25) is 5.02 Å². The summed E-state index contributed by atoms with van der Waals surface area (Å²) in [6.07, 6.45) is 3.51. The summed E-state index contributed by atoms with van der Waals surface area (Å²) in [6, 6.07) is 3.82. The molecule has 1 heterocycles. The minimum absolute atomic E-state index is 0.0784. The van der Waals surface area contributed by atoms with E-state index in [0.29, 0.717) is 11.9 Å². The van der Waals surface area contributed by atoms with Gasteiger partial charge < -0.3 is 10.0 Å². The smallest absolute Gasteiger partial charge is 0.356 e. The normalized spacial score (nSPS) is 15.6. The van der Waals surface area contributed by atoms with E-state index in [4.69, 9.17) is 16.7 Å². The first-order valence-corrected chi connectivity index (χ1v) is 5.60. The second-order valence-corrected chi connectivity index (χ2v) is 4.41. The largest absolute Gasteiger partial charge is 0.476 e. The average molecular weight is 241 g/mol. The summed E-state index contributed by atoms with van der Waals surface area (Å²) in [5.74, 6) is -0.416. The van der Waals surface area contributed by atoms with Crippen LogP contribution in [0.25, 0.3) is 0 Å². The van der Waals surface area contributed by atoms with Gasteiger partial charge >= 0.3 is 5.97 Å². The molecule has 0 atom stereocenters. The number of nitrogens with zero attached hydrogens (tertiary/aromatic N) is 2. The monoisotopic (exact) mass is 240 g/mol. The van der Waals surface area contributed by atoms with E-state index in [1.807, 2.05) is 11.9 Å². The number of carbonyl (C=O) groups is 1. The molecule has 1 saturated carbocycles. The van der Waals surface area contributed by atoms with E-state index >= 15 is 0 Å². The summed E-state index contributed by atoms with van der Waals surface area (Å²) >= 11 is 5.76. The molecule has 2 rings (SSSR count). The number of halogens is 1. The highest BCUT2D eigenvalue weighted by Crippen LogP contribution is 2.28. The SMILES string of the molecule is CN(c1ccc(Cl)c(C(=O)O)n1)C1CCC1. The second-order valence-electron chi connectivity index (χ2n) is 4.00. The fourth-order valence-electron chi connectivity index (χ4n) is 1.74. The topological polar surface area (TPSA) is 53.4 Å². The van der Waals surface area contributed by atoms with E-state index in [2.05, 4.69) is 4.98 Å². The van der Waals surface area contributed by atoms with Crippen molar-refractivity contribution in [1.82, 2.24) is 4.98 Å². The molecule has 16 heavy (non-hydrogen) atoms. The third-order valence-electron chi connectivity index (χ3n) is 3.02. The summed E-state index contributed by atoms with van der Waals surface area (Å²) in [5.41, 5.74) is -0.0784. The van der Waals surface area contributed by atoms with Crippen molar-refractivity contribution in [1.29, 1.82) is 0 Å². The lowest BCUT2D eigenvalue weighted by Crippen LogP contribution is -2.37. The molecule has 1 aliphatic rings. The number of rotatable bonds is 3. The van der Waals surface area contributed by atoms with Crippen molar-refractivity contribution in [2.45, 2.75) is 25.3 Å². The first kappa shape index (κ1) is 11.2. The molecule has 1 aromatic rings. The molecule has 0 bridgehead atoms. The summed E-state index contributed by atoms with van der Waals surface area (Å²) < 4.78 is 0. The van der Waals surface area contributed by atoms with Crippen molar-refractivity contribution in [3.8, 4) is 0 Å². The van der Waals surface area contributed by atoms with Crippen LogP contribution in [-0.4, -0.2) is 29.1 Å². The van der Waals surface area contributed by atoms with Gasteiger partial charge in [0.05, 0.1) is 5.02 Å². The average Bonchev–Trinajstić information content (AvgIpc) is 2.15. The van der Waals surface area contributed by atoms with E-state index in [0.717, 1.165) is 12.8 Å². The van der Waals surface area contributed by atoms with Crippen LogP contribution in [-0.2, 0) is 0 Å². The summed E-state index contributed by atoms with van der Waals surface area (Å²) in [4.78, 5) is 17.0. The molecule has 1 aromatic heterocycles. The van der Waals surface area contributed by atoms with Crippen LogP contribution in [0.15, 0.2) is 12.1 Å². The van der Waals surface area contributed by atoms with Gasteiger partial charge in [0, 0.05) is 13.1 Å². The molecule has 5 heteroatoms. The Morgan fingerprint density at radius 1 is 1.56 bits per heavy atom. The predicted octanol–water partition coefficient (Wildman–Crippen LogP) is 2.42. The highest BCUT2D eigenvalue weighted by Gasteiger charge is 2.24. The highest BCUT2D eigenvalue weighted by molar-refractivity contribution is 6.33. The molecule has 4 nitrogen and oxygen atoms in total. The van der Waals surface area contributed by atoms with Crippen LogP contribution in [0.4, 0.5) is 5.82 Å². The van der Waals surface area contributed by atoms with Crippen molar-refractivity contribution in [3.63, 3.8) is 0 Å². The Bertz CT molecular complexity index is 418. The van der Waals surface area contributed by atoms with E-state index < -0.39 is 5.97 Å². The molecule has 0 spiro atoms.